The first-order chi connectivity index (χ1) is 11.5. The Labute approximate surface area is 138 Å². The summed E-state index contributed by atoms with van der Waals surface area (Å²) in [6, 6.07) is 4.58. The molecule has 3 aromatic rings. The van der Waals surface area contributed by atoms with Crippen molar-refractivity contribution in [3.63, 3.8) is 0 Å². The van der Waals surface area contributed by atoms with E-state index in [1.54, 1.807) is 10.7 Å². The summed E-state index contributed by atoms with van der Waals surface area (Å²) in [7, 11) is 1.88. The van der Waals surface area contributed by atoms with E-state index in [0.29, 0.717) is 25.1 Å². The van der Waals surface area contributed by atoms with Crippen molar-refractivity contribution >= 4 is 16.7 Å². The molecule has 2 aromatic heterocycles. The third-order valence-electron chi connectivity index (χ3n) is 4.47. The molecule has 1 aliphatic heterocycles. The van der Waals surface area contributed by atoms with Crippen molar-refractivity contribution in [3.05, 3.63) is 48.3 Å². The second-order valence-corrected chi connectivity index (χ2v) is 6.26. The van der Waals surface area contributed by atoms with Gasteiger partial charge < -0.3 is 9.64 Å². The molecule has 0 aliphatic carbocycles. The largest absolute Gasteiger partial charge is 0.367 e. The van der Waals surface area contributed by atoms with E-state index in [1.165, 1.54) is 18.5 Å². The first kappa shape index (κ1) is 15.0. The predicted molar refractivity (Wildman–Crippen MR) is 88.2 cm³/mol. The van der Waals surface area contributed by atoms with E-state index in [-0.39, 0.29) is 5.82 Å². The van der Waals surface area contributed by atoms with Crippen LogP contribution >= 0.6 is 0 Å². The van der Waals surface area contributed by atoms with Crippen molar-refractivity contribution in [2.45, 2.75) is 12.5 Å². The number of aryl methyl sites for hydroxylation is 1. The van der Waals surface area contributed by atoms with Gasteiger partial charge in [-0.05, 0) is 25.1 Å². The zero-order chi connectivity index (χ0) is 16.7. The lowest BCUT2D eigenvalue weighted by Crippen LogP contribution is -2.48. The molecular weight excluding hydrogens is 309 g/mol. The highest BCUT2D eigenvalue weighted by Gasteiger charge is 2.36. The van der Waals surface area contributed by atoms with E-state index in [9.17, 15) is 4.39 Å². The Morgan fingerprint density at radius 1 is 1.29 bits per heavy atom. The van der Waals surface area contributed by atoms with Crippen molar-refractivity contribution in [1.29, 1.82) is 0 Å². The Morgan fingerprint density at radius 2 is 2.17 bits per heavy atom. The monoisotopic (exact) mass is 327 g/mol. The quantitative estimate of drug-likeness (QED) is 0.723. The van der Waals surface area contributed by atoms with Crippen LogP contribution in [0.2, 0.25) is 0 Å². The van der Waals surface area contributed by atoms with Crippen LogP contribution in [0.25, 0.3) is 10.9 Å². The second-order valence-electron chi connectivity index (χ2n) is 6.26. The number of benzene rings is 1. The molecule has 124 valence electrons. The minimum atomic E-state index is -0.489. The van der Waals surface area contributed by atoms with Gasteiger partial charge in [0, 0.05) is 30.7 Å². The van der Waals surface area contributed by atoms with Crippen molar-refractivity contribution in [1.82, 2.24) is 19.7 Å². The molecule has 1 saturated heterocycles. The molecule has 4 rings (SSSR count). The van der Waals surface area contributed by atoms with Crippen LogP contribution in [-0.2, 0) is 17.4 Å². The average Bonchev–Trinajstić information content (AvgIpc) is 3.02. The van der Waals surface area contributed by atoms with Gasteiger partial charge in [0.05, 0.1) is 24.9 Å². The lowest BCUT2D eigenvalue weighted by atomic mass is 9.97. The molecule has 3 heterocycles. The van der Waals surface area contributed by atoms with Gasteiger partial charge in [-0.3, -0.25) is 4.68 Å². The van der Waals surface area contributed by atoms with Crippen molar-refractivity contribution in [2.75, 3.05) is 24.6 Å². The standard InChI is InChI=1S/C17H18FN5O/c1-17(12-8-21-22(2)9-12)10-23(5-6-24-17)16-14-7-13(18)3-4-15(14)19-11-20-16/h3-4,7-9,11H,5-6,10H2,1-2H3. The topological polar surface area (TPSA) is 56.1 Å². The van der Waals surface area contributed by atoms with E-state index in [0.717, 1.165) is 16.9 Å². The second kappa shape index (κ2) is 5.52. The molecule has 0 amide bonds. The van der Waals surface area contributed by atoms with Crippen LogP contribution in [0.1, 0.15) is 12.5 Å². The fourth-order valence-electron chi connectivity index (χ4n) is 3.19. The zero-order valence-electron chi connectivity index (χ0n) is 13.6. The molecular formula is C17H18FN5O. The normalized spacial score (nSPS) is 21.4. The van der Waals surface area contributed by atoms with Gasteiger partial charge in [0.2, 0.25) is 0 Å². The number of hydrogen-bond donors (Lipinski definition) is 0. The summed E-state index contributed by atoms with van der Waals surface area (Å²) in [5.74, 6) is 0.444. The molecule has 6 nitrogen and oxygen atoms in total. The van der Waals surface area contributed by atoms with Crippen molar-refractivity contribution in [3.8, 4) is 0 Å². The molecule has 1 fully saturated rings. The number of anilines is 1. The first-order valence-electron chi connectivity index (χ1n) is 7.83. The van der Waals surface area contributed by atoms with Gasteiger partial charge >= 0.3 is 0 Å². The molecule has 0 spiro atoms. The number of rotatable bonds is 2. The summed E-state index contributed by atoms with van der Waals surface area (Å²) < 4.78 is 21.5. The highest BCUT2D eigenvalue weighted by Crippen LogP contribution is 2.33. The summed E-state index contributed by atoms with van der Waals surface area (Å²) >= 11 is 0. The van der Waals surface area contributed by atoms with Crippen LogP contribution in [0.3, 0.4) is 0 Å². The maximum absolute atomic E-state index is 13.7. The van der Waals surface area contributed by atoms with E-state index < -0.39 is 5.60 Å². The molecule has 0 radical (unpaired) electrons. The third kappa shape index (κ3) is 2.50. The zero-order valence-corrected chi connectivity index (χ0v) is 13.6. The third-order valence-corrected chi connectivity index (χ3v) is 4.47. The molecule has 0 saturated carbocycles. The van der Waals surface area contributed by atoms with E-state index >= 15 is 0 Å². The van der Waals surface area contributed by atoms with Crippen LogP contribution < -0.4 is 4.90 Å². The van der Waals surface area contributed by atoms with Crippen LogP contribution in [0.4, 0.5) is 10.2 Å². The van der Waals surface area contributed by atoms with Crippen molar-refractivity contribution in [2.24, 2.45) is 7.05 Å². The summed E-state index contributed by atoms with van der Waals surface area (Å²) in [5, 5.41) is 4.95. The molecule has 1 aromatic carbocycles. The maximum atomic E-state index is 13.7. The molecule has 24 heavy (non-hydrogen) atoms. The van der Waals surface area contributed by atoms with Gasteiger partial charge in [-0.15, -0.1) is 0 Å². The number of aromatic nitrogens is 4. The number of halogens is 1. The van der Waals surface area contributed by atoms with E-state index in [4.69, 9.17) is 4.74 Å². The minimum absolute atomic E-state index is 0.290. The number of hydrogen-bond acceptors (Lipinski definition) is 5. The van der Waals surface area contributed by atoms with Gasteiger partial charge in [-0.25, -0.2) is 14.4 Å². The minimum Gasteiger partial charge on any atom is -0.367 e. The SMILES string of the molecule is Cn1cc(C2(C)CN(c3ncnc4ccc(F)cc34)CCO2)cn1. The Kier molecular flexibility index (Phi) is 3.45. The Balaban J connectivity index is 1.73. The molecule has 1 aliphatic rings. The van der Waals surface area contributed by atoms with Crippen LogP contribution in [0.5, 0.6) is 0 Å². The van der Waals surface area contributed by atoms with Crippen molar-refractivity contribution < 1.29 is 9.13 Å². The van der Waals surface area contributed by atoms with E-state index in [1.807, 2.05) is 26.4 Å². The summed E-state index contributed by atoms with van der Waals surface area (Å²) in [4.78, 5) is 10.8. The van der Waals surface area contributed by atoms with Crippen LogP contribution in [-0.4, -0.2) is 39.4 Å². The lowest BCUT2D eigenvalue weighted by Gasteiger charge is -2.40. The van der Waals surface area contributed by atoms with Crippen LogP contribution in [0, 0.1) is 5.82 Å². The number of morpholine rings is 1. The molecule has 1 atom stereocenters. The smallest absolute Gasteiger partial charge is 0.140 e. The van der Waals surface area contributed by atoms with E-state index in [2.05, 4.69) is 20.0 Å². The number of ether oxygens (including phenoxy) is 1. The highest BCUT2D eigenvalue weighted by atomic mass is 19.1. The summed E-state index contributed by atoms with van der Waals surface area (Å²) in [5.41, 5.74) is 1.26. The van der Waals surface area contributed by atoms with Gasteiger partial charge in [-0.2, -0.15) is 5.10 Å². The summed E-state index contributed by atoms with van der Waals surface area (Å²) in [6.45, 7) is 3.91. The molecule has 7 heteroatoms. The average molecular weight is 327 g/mol. The highest BCUT2D eigenvalue weighted by molar-refractivity contribution is 5.89. The van der Waals surface area contributed by atoms with Crippen LogP contribution in [0.15, 0.2) is 36.9 Å². The molecule has 0 N–H and O–H groups in total. The maximum Gasteiger partial charge on any atom is 0.140 e. The number of nitrogens with zero attached hydrogens (tertiary/aromatic N) is 5. The number of fused-ring (bicyclic) bond motifs is 1. The Morgan fingerprint density at radius 3 is 2.96 bits per heavy atom. The fraction of sp³-hybridized carbons (Fsp3) is 0.353. The predicted octanol–water partition coefficient (Wildman–Crippen LogP) is 2.25. The van der Waals surface area contributed by atoms with Gasteiger partial charge in [-0.1, -0.05) is 0 Å². The fourth-order valence-corrected chi connectivity index (χ4v) is 3.19. The summed E-state index contributed by atoms with van der Waals surface area (Å²) in [6.07, 6.45) is 5.30. The Bertz CT molecular complexity index is 896. The lowest BCUT2D eigenvalue weighted by molar-refractivity contribution is -0.0467. The van der Waals surface area contributed by atoms with Gasteiger partial charge in [0.1, 0.15) is 23.6 Å². The molecule has 1 unspecified atom stereocenters. The molecule has 0 bridgehead atoms. The Hall–Kier alpha value is -2.54. The van der Waals surface area contributed by atoms with Gasteiger partial charge in [0.15, 0.2) is 0 Å². The van der Waals surface area contributed by atoms with Gasteiger partial charge in [0.25, 0.3) is 0 Å². The first-order valence-corrected chi connectivity index (χ1v) is 7.83.